The molecule has 2 atom stereocenters. The standard InChI is InChI=1S/C12H13NOS/c14-12-8-3-1-2-4-10(8)15-11-7-13-6-5-9(11)12/h1-4,9,11,13H,5-7H2. The fourth-order valence-corrected chi connectivity index (χ4v) is 3.79. The highest BCUT2D eigenvalue weighted by Gasteiger charge is 2.37. The lowest BCUT2D eigenvalue weighted by Gasteiger charge is -2.35. The Balaban J connectivity index is 2.02. The van der Waals surface area contributed by atoms with Gasteiger partial charge in [0.15, 0.2) is 5.78 Å². The molecule has 3 rings (SSSR count). The third kappa shape index (κ3) is 1.50. The van der Waals surface area contributed by atoms with E-state index in [1.165, 1.54) is 0 Å². The van der Waals surface area contributed by atoms with E-state index in [0.717, 1.165) is 30.0 Å². The highest BCUT2D eigenvalue weighted by Crippen LogP contribution is 2.40. The van der Waals surface area contributed by atoms with E-state index >= 15 is 0 Å². The molecule has 0 aliphatic carbocycles. The molecule has 1 N–H and O–H groups in total. The van der Waals surface area contributed by atoms with Gasteiger partial charge in [0.05, 0.1) is 0 Å². The topological polar surface area (TPSA) is 29.1 Å². The molecule has 1 fully saturated rings. The van der Waals surface area contributed by atoms with Gasteiger partial charge in [-0.1, -0.05) is 18.2 Å². The lowest BCUT2D eigenvalue weighted by Crippen LogP contribution is -2.44. The molecule has 0 aromatic heterocycles. The SMILES string of the molecule is O=C1c2ccccc2SC2CNCCC12. The molecule has 3 heteroatoms. The Kier molecular flexibility index (Phi) is 2.29. The molecular weight excluding hydrogens is 206 g/mol. The van der Waals surface area contributed by atoms with Crippen LogP contribution in [0.2, 0.25) is 0 Å². The zero-order valence-corrected chi connectivity index (χ0v) is 9.22. The van der Waals surface area contributed by atoms with Gasteiger partial charge in [-0.3, -0.25) is 4.79 Å². The number of fused-ring (bicyclic) bond motifs is 2. The Morgan fingerprint density at radius 1 is 1.33 bits per heavy atom. The first-order valence-corrected chi connectivity index (χ1v) is 6.25. The Labute approximate surface area is 93.4 Å². The van der Waals surface area contributed by atoms with Crippen molar-refractivity contribution in [1.29, 1.82) is 0 Å². The minimum Gasteiger partial charge on any atom is -0.316 e. The normalized spacial score (nSPS) is 29.5. The summed E-state index contributed by atoms with van der Waals surface area (Å²) in [5.74, 6) is 0.599. The summed E-state index contributed by atoms with van der Waals surface area (Å²) < 4.78 is 0. The molecule has 2 heterocycles. The van der Waals surface area contributed by atoms with Crippen LogP contribution in [0.4, 0.5) is 0 Å². The van der Waals surface area contributed by atoms with Crippen molar-refractivity contribution in [3.05, 3.63) is 29.8 Å². The summed E-state index contributed by atoms with van der Waals surface area (Å²) in [7, 11) is 0. The zero-order valence-electron chi connectivity index (χ0n) is 8.40. The quantitative estimate of drug-likeness (QED) is 0.723. The van der Waals surface area contributed by atoms with Crippen molar-refractivity contribution in [2.75, 3.05) is 13.1 Å². The number of benzene rings is 1. The van der Waals surface area contributed by atoms with Crippen LogP contribution < -0.4 is 5.32 Å². The van der Waals surface area contributed by atoms with Crippen LogP contribution in [-0.4, -0.2) is 24.1 Å². The van der Waals surface area contributed by atoms with Gasteiger partial charge in [-0.2, -0.15) is 0 Å². The second-order valence-corrected chi connectivity index (χ2v) is 5.40. The van der Waals surface area contributed by atoms with Crippen molar-refractivity contribution in [3.8, 4) is 0 Å². The lowest BCUT2D eigenvalue weighted by atomic mass is 9.88. The van der Waals surface area contributed by atoms with Crippen molar-refractivity contribution >= 4 is 17.5 Å². The van der Waals surface area contributed by atoms with E-state index in [1.54, 1.807) is 0 Å². The molecule has 78 valence electrons. The van der Waals surface area contributed by atoms with Crippen molar-refractivity contribution in [2.24, 2.45) is 5.92 Å². The summed E-state index contributed by atoms with van der Waals surface area (Å²) in [4.78, 5) is 13.4. The van der Waals surface area contributed by atoms with Crippen LogP contribution in [0.15, 0.2) is 29.2 Å². The van der Waals surface area contributed by atoms with Gasteiger partial charge in [-0.15, -0.1) is 11.8 Å². The highest BCUT2D eigenvalue weighted by molar-refractivity contribution is 8.00. The van der Waals surface area contributed by atoms with Gasteiger partial charge >= 0.3 is 0 Å². The lowest BCUT2D eigenvalue weighted by molar-refractivity contribution is 0.0892. The number of rotatable bonds is 0. The number of thioether (sulfide) groups is 1. The maximum atomic E-state index is 12.2. The smallest absolute Gasteiger partial charge is 0.168 e. The number of hydrogen-bond donors (Lipinski definition) is 1. The second-order valence-electron chi connectivity index (χ2n) is 4.12. The van der Waals surface area contributed by atoms with E-state index in [2.05, 4.69) is 11.4 Å². The summed E-state index contributed by atoms with van der Waals surface area (Å²) in [6, 6.07) is 7.99. The van der Waals surface area contributed by atoms with E-state index < -0.39 is 0 Å². The molecule has 2 aliphatic rings. The van der Waals surface area contributed by atoms with Crippen LogP contribution in [0.3, 0.4) is 0 Å². The maximum Gasteiger partial charge on any atom is 0.168 e. The minimum atomic E-state index is 0.242. The first-order chi connectivity index (χ1) is 7.36. The summed E-state index contributed by atoms with van der Waals surface area (Å²) >= 11 is 1.86. The molecular formula is C12H13NOS. The van der Waals surface area contributed by atoms with Crippen LogP contribution in [0, 0.1) is 5.92 Å². The molecule has 0 radical (unpaired) electrons. The van der Waals surface area contributed by atoms with Crippen LogP contribution in [-0.2, 0) is 0 Å². The van der Waals surface area contributed by atoms with Crippen LogP contribution in [0.25, 0.3) is 0 Å². The predicted molar refractivity (Wildman–Crippen MR) is 61.4 cm³/mol. The average Bonchev–Trinajstić information content (AvgIpc) is 2.30. The fraction of sp³-hybridized carbons (Fsp3) is 0.417. The molecule has 0 spiro atoms. The van der Waals surface area contributed by atoms with Gasteiger partial charge in [-0.05, 0) is 19.0 Å². The first kappa shape index (κ1) is 9.43. The number of hydrogen-bond acceptors (Lipinski definition) is 3. The van der Waals surface area contributed by atoms with Crippen molar-refractivity contribution in [1.82, 2.24) is 5.32 Å². The monoisotopic (exact) mass is 219 g/mol. The van der Waals surface area contributed by atoms with Gasteiger partial charge in [-0.25, -0.2) is 0 Å². The molecule has 0 amide bonds. The van der Waals surface area contributed by atoms with Crippen LogP contribution in [0.1, 0.15) is 16.8 Å². The average molecular weight is 219 g/mol. The van der Waals surface area contributed by atoms with E-state index in [-0.39, 0.29) is 5.92 Å². The van der Waals surface area contributed by atoms with Crippen LogP contribution in [0.5, 0.6) is 0 Å². The maximum absolute atomic E-state index is 12.2. The van der Waals surface area contributed by atoms with E-state index in [0.29, 0.717) is 11.0 Å². The summed E-state index contributed by atoms with van der Waals surface area (Å²) in [5.41, 5.74) is 0.936. The molecule has 1 aromatic carbocycles. The Morgan fingerprint density at radius 3 is 3.13 bits per heavy atom. The third-order valence-electron chi connectivity index (χ3n) is 3.19. The van der Waals surface area contributed by atoms with Gasteiger partial charge in [0.2, 0.25) is 0 Å². The van der Waals surface area contributed by atoms with Crippen molar-refractivity contribution in [3.63, 3.8) is 0 Å². The highest BCUT2D eigenvalue weighted by atomic mass is 32.2. The van der Waals surface area contributed by atoms with Gasteiger partial charge in [0.1, 0.15) is 0 Å². The fourth-order valence-electron chi connectivity index (χ4n) is 2.39. The Morgan fingerprint density at radius 2 is 2.20 bits per heavy atom. The molecule has 15 heavy (non-hydrogen) atoms. The van der Waals surface area contributed by atoms with Gasteiger partial charge < -0.3 is 5.32 Å². The van der Waals surface area contributed by atoms with E-state index in [1.807, 2.05) is 30.0 Å². The molecule has 2 aliphatic heterocycles. The number of Topliss-reactive ketones (excluding diaryl/α,β-unsaturated/α-hetero) is 1. The Bertz CT molecular complexity index is 404. The number of piperidine rings is 1. The molecule has 1 aromatic rings. The van der Waals surface area contributed by atoms with Crippen molar-refractivity contribution in [2.45, 2.75) is 16.6 Å². The summed E-state index contributed by atoms with van der Waals surface area (Å²) in [6.45, 7) is 1.95. The largest absolute Gasteiger partial charge is 0.316 e. The molecule has 1 saturated heterocycles. The predicted octanol–water partition coefficient (Wildman–Crippen LogP) is 1.95. The Hall–Kier alpha value is -0.800. The number of nitrogens with one attached hydrogen (secondary N) is 1. The minimum absolute atomic E-state index is 0.242. The number of carbonyl (C=O) groups is 1. The van der Waals surface area contributed by atoms with Gasteiger partial charge in [0, 0.05) is 28.2 Å². The number of carbonyl (C=O) groups excluding carboxylic acids is 1. The van der Waals surface area contributed by atoms with Crippen LogP contribution >= 0.6 is 11.8 Å². The first-order valence-electron chi connectivity index (χ1n) is 5.37. The molecule has 0 saturated carbocycles. The number of ketones is 1. The molecule has 2 unspecified atom stereocenters. The summed E-state index contributed by atoms with van der Waals surface area (Å²) in [5, 5.41) is 3.81. The van der Waals surface area contributed by atoms with Crippen molar-refractivity contribution < 1.29 is 4.79 Å². The molecule has 0 bridgehead atoms. The molecule has 2 nitrogen and oxygen atoms in total. The van der Waals surface area contributed by atoms with E-state index in [4.69, 9.17) is 0 Å². The van der Waals surface area contributed by atoms with Gasteiger partial charge in [0.25, 0.3) is 0 Å². The zero-order chi connectivity index (χ0) is 10.3. The summed E-state index contributed by atoms with van der Waals surface area (Å²) in [6.07, 6.45) is 0.991. The second kappa shape index (κ2) is 3.65. The van der Waals surface area contributed by atoms with E-state index in [9.17, 15) is 4.79 Å². The third-order valence-corrected chi connectivity index (χ3v) is 4.60.